The molecular formula is C18H36N4O5S. The third kappa shape index (κ3) is 7.47. The molecule has 10 heteroatoms. The van der Waals surface area contributed by atoms with Gasteiger partial charge in [0.25, 0.3) is 0 Å². The van der Waals surface area contributed by atoms with E-state index in [4.69, 9.17) is 9.47 Å². The highest BCUT2D eigenvalue weighted by Gasteiger charge is 2.28. The molecule has 2 rings (SSSR count). The van der Waals surface area contributed by atoms with E-state index >= 15 is 0 Å². The molecule has 2 aliphatic heterocycles. The van der Waals surface area contributed by atoms with Crippen LogP contribution in [0.1, 0.15) is 39.5 Å². The maximum absolute atomic E-state index is 12.4. The lowest BCUT2D eigenvalue weighted by Crippen LogP contribution is -2.57. The second-order valence-electron chi connectivity index (χ2n) is 7.95. The summed E-state index contributed by atoms with van der Waals surface area (Å²) in [6, 6.07) is 0. The van der Waals surface area contributed by atoms with Crippen LogP contribution in [0.2, 0.25) is 0 Å². The monoisotopic (exact) mass is 420 g/mol. The number of sulfonamides is 1. The zero-order valence-corrected chi connectivity index (χ0v) is 18.4. The summed E-state index contributed by atoms with van der Waals surface area (Å²) >= 11 is 0. The van der Waals surface area contributed by atoms with Crippen LogP contribution < -0.4 is 5.32 Å². The molecule has 0 aliphatic carbocycles. The minimum Gasteiger partial charge on any atom is -0.447 e. The number of hydrogen-bond acceptors (Lipinski definition) is 7. The lowest BCUT2D eigenvalue weighted by atomic mass is 10.1. The highest BCUT2D eigenvalue weighted by Crippen LogP contribution is 2.16. The molecule has 164 valence electrons. The molecule has 2 atom stereocenters. The van der Waals surface area contributed by atoms with Crippen molar-refractivity contribution >= 4 is 16.1 Å². The molecule has 9 nitrogen and oxygen atoms in total. The number of carbonyl (C=O) groups is 1. The summed E-state index contributed by atoms with van der Waals surface area (Å²) in [5, 5.41) is 3.42. The number of amides is 1. The van der Waals surface area contributed by atoms with Gasteiger partial charge in [0, 0.05) is 20.1 Å². The van der Waals surface area contributed by atoms with Crippen molar-refractivity contribution in [3.63, 3.8) is 0 Å². The van der Waals surface area contributed by atoms with Gasteiger partial charge in [-0.2, -0.15) is 0 Å². The Morgan fingerprint density at radius 1 is 1.21 bits per heavy atom. The Balaban J connectivity index is 1.78. The van der Waals surface area contributed by atoms with E-state index in [1.165, 1.54) is 30.6 Å². The fourth-order valence-corrected chi connectivity index (χ4v) is 4.01. The van der Waals surface area contributed by atoms with Crippen molar-refractivity contribution in [3.8, 4) is 0 Å². The van der Waals surface area contributed by atoms with Crippen LogP contribution in [-0.2, 0) is 19.5 Å². The van der Waals surface area contributed by atoms with Crippen molar-refractivity contribution < 1.29 is 22.7 Å². The van der Waals surface area contributed by atoms with Crippen molar-refractivity contribution in [1.29, 1.82) is 0 Å². The zero-order chi connectivity index (χ0) is 20.7. The summed E-state index contributed by atoms with van der Waals surface area (Å²) in [7, 11) is -1.83. The van der Waals surface area contributed by atoms with Crippen LogP contribution in [0.5, 0.6) is 0 Å². The molecule has 1 unspecified atom stereocenters. The number of carbonyl (C=O) groups excluding carboxylic acids is 1. The maximum Gasteiger partial charge on any atom is 0.410 e. The third-order valence-corrected chi connectivity index (χ3v) is 6.45. The van der Waals surface area contributed by atoms with Crippen molar-refractivity contribution in [2.45, 2.75) is 57.9 Å². The number of ether oxygens (including phenoxy) is 2. The van der Waals surface area contributed by atoms with Gasteiger partial charge >= 0.3 is 6.09 Å². The number of nitrogens with zero attached hydrogens (tertiary/aromatic N) is 3. The summed E-state index contributed by atoms with van der Waals surface area (Å²) in [5.41, 5.74) is 0. The second kappa shape index (κ2) is 10.7. The molecule has 0 aromatic rings. The lowest BCUT2D eigenvalue weighted by Gasteiger charge is -2.40. The largest absolute Gasteiger partial charge is 0.447 e. The van der Waals surface area contributed by atoms with Crippen LogP contribution in [0.15, 0.2) is 0 Å². The van der Waals surface area contributed by atoms with Gasteiger partial charge < -0.3 is 9.47 Å². The molecule has 0 radical (unpaired) electrons. The van der Waals surface area contributed by atoms with Crippen molar-refractivity contribution in [2.75, 3.05) is 52.8 Å². The lowest BCUT2D eigenvalue weighted by molar-refractivity contribution is -0.0398. The molecule has 1 amide bonds. The van der Waals surface area contributed by atoms with Crippen molar-refractivity contribution in [2.24, 2.45) is 0 Å². The first-order valence-electron chi connectivity index (χ1n) is 10.1. The first-order chi connectivity index (χ1) is 13.2. The molecule has 0 aromatic carbocycles. The first-order valence-corrected chi connectivity index (χ1v) is 12.0. The number of likely N-dealkylation sites (tertiary alicyclic amines) is 1. The van der Waals surface area contributed by atoms with E-state index in [9.17, 15) is 13.2 Å². The van der Waals surface area contributed by atoms with E-state index < -0.39 is 22.2 Å². The Labute approximate surface area is 169 Å². The second-order valence-corrected chi connectivity index (χ2v) is 10.0. The van der Waals surface area contributed by atoms with E-state index in [0.29, 0.717) is 19.4 Å². The smallest absolute Gasteiger partial charge is 0.410 e. The van der Waals surface area contributed by atoms with Gasteiger partial charge in [0.05, 0.1) is 25.2 Å². The zero-order valence-electron chi connectivity index (χ0n) is 17.6. The number of piperidine rings is 1. The van der Waals surface area contributed by atoms with Crippen LogP contribution in [-0.4, -0.2) is 99.7 Å². The van der Waals surface area contributed by atoms with Crippen LogP contribution in [0.3, 0.4) is 0 Å². The predicted octanol–water partition coefficient (Wildman–Crippen LogP) is 0.873. The number of rotatable bonds is 8. The number of nitrogens with one attached hydrogen (secondary N) is 1. The molecule has 1 N–H and O–H groups in total. The SMILES string of the molecule is CC(C)O[C@H](COC(=O)N1CCC(N2CCCCC2)NC1)CN(C)S(C)(=O)=O. The van der Waals surface area contributed by atoms with Gasteiger partial charge in [0.15, 0.2) is 0 Å². The van der Waals surface area contributed by atoms with Crippen LogP contribution >= 0.6 is 0 Å². The highest BCUT2D eigenvalue weighted by molar-refractivity contribution is 7.88. The normalized spacial score (nSPS) is 23.2. The third-order valence-electron chi connectivity index (χ3n) is 5.16. The molecule has 2 aliphatic rings. The maximum atomic E-state index is 12.4. The molecule has 28 heavy (non-hydrogen) atoms. The molecule has 0 bridgehead atoms. The fourth-order valence-electron chi connectivity index (χ4n) is 3.57. The number of hydrogen-bond donors (Lipinski definition) is 1. The van der Waals surface area contributed by atoms with Crippen molar-refractivity contribution in [3.05, 3.63) is 0 Å². The van der Waals surface area contributed by atoms with Crippen molar-refractivity contribution in [1.82, 2.24) is 19.4 Å². The van der Waals surface area contributed by atoms with Gasteiger partial charge in [-0.25, -0.2) is 17.5 Å². The Morgan fingerprint density at radius 3 is 2.43 bits per heavy atom. The molecule has 0 saturated carbocycles. The van der Waals surface area contributed by atoms with Crippen LogP contribution in [0, 0.1) is 0 Å². The molecular weight excluding hydrogens is 384 g/mol. The molecule has 2 heterocycles. The van der Waals surface area contributed by atoms with E-state index in [1.54, 1.807) is 4.90 Å². The van der Waals surface area contributed by atoms with Gasteiger partial charge in [0.1, 0.15) is 12.7 Å². The molecule has 2 fully saturated rings. The van der Waals surface area contributed by atoms with Gasteiger partial charge in [-0.3, -0.25) is 15.1 Å². The quantitative estimate of drug-likeness (QED) is 0.623. The average Bonchev–Trinajstić information content (AvgIpc) is 2.65. The van der Waals surface area contributed by atoms with Crippen LogP contribution in [0.25, 0.3) is 0 Å². The van der Waals surface area contributed by atoms with Gasteiger partial charge in [0.2, 0.25) is 10.0 Å². The van der Waals surface area contributed by atoms with E-state index in [2.05, 4.69) is 10.2 Å². The summed E-state index contributed by atoms with van der Waals surface area (Å²) in [6.45, 7) is 7.22. The van der Waals surface area contributed by atoms with Gasteiger partial charge in [-0.15, -0.1) is 0 Å². The Hall–Kier alpha value is -0.940. The Kier molecular flexibility index (Phi) is 8.94. The van der Waals surface area contributed by atoms with E-state index in [-0.39, 0.29) is 19.3 Å². The summed E-state index contributed by atoms with van der Waals surface area (Å²) in [6.07, 6.45) is 5.11. The molecule has 2 saturated heterocycles. The fraction of sp³-hybridized carbons (Fsp3) is 0.944. The standard InChI is InChI=1S/C18H36N4O5S/c1-15(2)27-16(12-20(3)28(4,24)25)13-26-18(23)22-11-8-17(19-14-22)21-9-6-5-7-10-21/h15-17,19H,5-14H2,1-4H3/t16-,17?/m0/s1. The minimum atomic E-state index is -3.32. The molecule has 0 spiro atoms. The first kappa shape index (κ1) is 23.3. The van der Waals surface area contributed by atoms with Gasteiger partial charge in [-0.1, -0.05) is 6.42 Å². The van der Waals surface area contributed by atoms with E-state index in [1.807, 2.05) is 13.8 Å². The summed E-state index contributed by atoms with van der Waals surface area (Å²) in [4.78, 5) is 16.5. The Morgan fingerprint density at radius 2 is 1.89 bits per heavy atom. The Bertz CT molecular complexity index is 587. The van der Waals surface area contributed by atoms with Gasteiger partial charge in [-0.05, 0) is 46.2 Å². The summed E-state index contributed by atoms with van der Waals surface area (Å²) in [5.74, 6) is 0. The topological polar surface area (TPSA) is 91.4 Å². The van der Waals surface area contributed by atoms with E-state index in [0.717, 1.165) is 25.8 Å². The predicted molar refractivity (Wildman–Crippen MR) is 107 cm³/mol. The van der Waals surface area contributed by atoms with Crippen LogP contribution in [0.4, 0.5) is 4.79 Å². The average molecular weight is 421 g/mol. The highest BCUT2D eigenvalue weighted by atomic mass is 32.2. The summed E-state index contributed by atoms with van der Waals surface area (Å²) < 4.78 is 35.6. The number of likely N-dealkylation sites (N-methyl/N-ethyl adjacent to an activating group) is 1. The molecule has 0 aromatic heterocycles. The minimum absolute atomic E-state index is 0.0168.